The number of nitrogen functional groups attached to an aromatic ring is 1. The molecular weight excluding hydrogens is 326 g/mol. The molecule has 2 heterocycles. The lowest BCUT2D eigenvalue weighted by Crippen LogP contribution is -2.32. The Balaban J connectivity index is 0.000000152. The largest absolute Gasteiger partial charge is 0.385 e. The van der Waals surface area contributed by atoms with Crippen LogP contribution in [-0.2, 0) is 23.7 Å². The van der Waals surface area contributed by atoms with Crippen molar-refractivity contribution in [1.82, 2.24) is 9.78 Å². The van der Waals surface area contributed by atoms with Gasteiger partial charge in [0.05, 0.1) is 11.1 Å². The van der Waals surface area contributed by atoms with Gasteiger partial charge in [0.2, 0.25) is 0 Å². The van der Waals surface area contributed by atoms with Crippen LogP contribution >= 0.6 is 0 Å². The maximum atomic E-state index is 11.1. The Morgan fingerprint density at radius 3 is 2.88 bits per heavy atom. The molecular formula is C20H29N5O. The number of nitrogens with one attached hydrogen (secondary N) is 1. The molecule has 1 aliphatic carbocycles. The van der Waals surface area contributed by atoms with Crippen LogP contribution in [-0.4, -0.2) is 22.6 Å². The summed E-state index contributed by atoms with van der Waals surface area (Å²) in [5, 5.41) is 7.67. The molecule has 0 amide bonds. The number of nitrogens with zero attached hydrogens (tertiary/aromatic N) is 2. The predicted octanol–water partition coefficient (Wildman–Crippen LogP) is 2.61. The summed E-state index contributed by atoms with van der Waals surface area (Å²) in [6, 6.07) is 6.23. The van der Waals surface area contributed by atoms with Gasteiger partial charge in [-0.3, -0.25) is 4.68 Å². The lowest BCUT2D eigenvalue weighted by Gasteiger charge is -2.32. The molecule has 26 heavy (non-hydrogen) atoms. The minimum atomic E-state index is -0.299. The topological polar surface area (TPSA) is 99.0 Å². The third-order valence-corrected chi connectivity index (χ3v) is 5.60. The fraction of sp³-hybridized carbons (Fsp3) is 0.500. The van der Waals surface area contributed by atoms with Gasteiger partial charge in [-0.25, -0.2) is 0 Å². The average Bonchev–Trinajstić information content (AvgIpc) is 2.92. The van der Waals surface area contributed by atoms with Gasteiger partial charge in [-0.1, -0.05) is 18.2 Å². The Labute approximate surface area is 154 Å². The molecule has 0 saturated carbocycles. The van der Waals surface area contributed by atoms with E-state index >= 15 is 0 Å². The Kier molecular flexibility index (Phi) is 5.05. The highest BCUT2D eigenvalue weighted by Crippen LogP contribution is 2.37. The molecule has 0 bridgehead atoms. The summed E-state index contributed by atoms with van der Waals surface area (Å²) in [5.41, 5.74) is 17.1. The van der Waals surface area contributed by atoms with Gasteiger partial charge in [-0.05, 0) is 50.7 Å². The molecule has 2 atom stereocenters. The van der Waals surface area contributed by atoms with Gasteiger partial charge in [-0.15, -0.1) is 0 Å². The van der Waals surface area contributed by atoms with Gasteiger partial charge in [0.25, 0.3) is 0 Å². The van der Waals surface area contributed by atoms with E-state index < -0.39 is 0 Å². The second-order valence-corrected chi connectivity index (χ2v) is 7.58. The van der Waals surface area contributed by atoms with Crippen LogP contribution in [0.3, 0.4) is 0 Å². The normalized spacial score (nSPS) is 23.8. The molecule has 2 unspecified atom stereocenters. The first kappa shape index (κ1) is 18.5. The molecule has 0 fully saturated rings. The Morgan fingerprint density at radius 1 is 1.42 bits per heavy atom. The highest BCUT2D eigenvalue weighted by molar-refractivity contribution is 5.76. The van der Waals surface area contributed by atoms with Crippen molar-refractivity contribution in [1.29, 1.82) is 0 Å². The van der Waals surface area contributed by atoms with Crippen molar-refractivity contribution < 1.29 is 4.79 Å². The van der Waals surface area contributed by atoms with E-state index in [9.17, 15) is 4.79 Å². The van der Waals surface area contributed by atoms with Crippen molar-refractivity contribution in [2.75, 3.05) is 17.6 Å². The lowest BCUT2D eigenvalue weighted by molar-refractivity contribution is -0.112. The third-order valence-electron chi connectivity index (χ3n) is 5.60. The first-order valence-electron chi connectivity index (χ1n) is 9.24. The highest BCUT2D eigenvalue weighted by Gasteiger charge is 2.32. The predicted molar refractivity (Wildman–Crippen MR) is 105 cm³/mol. The SMILES string of the molecule is Cc1cccc2c1NCCC2(C)C=O.Cn1nc2c(c1N)C(N)CCC2. The lowest BCUT2D eigenvalue weighted by atomic mass is 9.77. The quantitative estimate of drug-likeness (QED) is 0.683. The van der Waals surface area contributed by atoms with Crippen LogP contribution in [0, 0.1) is 6.92 Å². The number of anilines is 2. The first-order chi connectivity index (χ1) is 12.4. The van der Waals surface area contributed by atoms with Crippen LogP contribution in [0.2, 0.25) is 0 Å². The molecule has 140 valence electrons. The van der Waals surface area contributed by atoms with Crippen LogP contribution in [0.25, 0.3) is 0 Å². The molecule has 6 heteroatoms. The van der Waals surface area contributed by atoms with Crippen LogP contribution in [0.15, 0.2) is 18.2 Å². The number of carbonyl (C=O) groups excluding carboxylic acids is 1. The van der Waals surface area contributed by atoms with E-state index in [4.69, 9.17) is 11.5 Å². The van der Waals surface area contributed by atoms with Crippen molar-refractivity contribution in [3.63, 3.8) is 0 Å². The number of rotatable bonds is 1. The molecule has 1 aliphatic heterocycles. The van der Waals surface area contributed by atoms with E-state index in [2.05, 4.69) is 23.4 Å². The van der Waals surface area contributed by atoms with Crippen molar-refractivity contribution in [2.24, 2.45) is 12.8 Å². The number of benzene rings is 1. The number of hydrogen-bond acceptors (Lipinski definition) is 5. The molecule has 1 aromatic heterocycles. The second-order valence-electron chi connectivity index (χ2n) is 7.58. The summed E-state index contributed by atoms with van der Waals surface area (Å²) in [4.78, 5) is 11.1. The third kappa shape index (κ3) is 3.21. The Bertz CT molecular complexity index is 813. The van der Waals surface area contributed by atoms with Gasteiger partial charge in [0.15, 0.2) is 0 Å². The van der Waals surface area contributed by atoms with Crippen molar-refractivity contribution in [2.45, 2.75) is 51.0 Å². The fourth-order valence-corrected chi connectivity index (χ4v) is 3.92. The second kappa shape index (κ2) is 7.11. The van der Waals surface area contributed by atoms with E-state index in [-0.39, 0.29) is 11.5 Å². The van der Waals surface area contributed by atoms with E-state index in [1.165, 1.54) is 5.56 Å². The monoisotopic (exact) mass is 355 g/mol. The molecule has 5 N–H and O–H groups in total. The standard InChI is InChI=1S/C12H15NO.C8H14N4/c1-9-4-3-5-10-11(9)13-7-6-12(10,2)8-14;1-12-8(10)7-5(9)3-2-4-6(7)11-12/h3-5,8,13H,6-7H2,1-2H3;5H,2-4,9-10H2,1H3. The molecule has 4 rings (SSSR count). The zero-order chi connectivity index (χ0) is 18.9. The summed E-state index contributed by atoms with van der Waals surface area (Å²) in [5.74, 6) is 0.734. The zero-order valence-corrected chi connectivity index (χ0v) is 15.9. The molecule has 1 aromatic carbocycles. The number of para-hydroxylation sites is 1. The number of aromatic nitrogens is 2. The molecule has 0 saturated heterocycles. The number of nitrogens with two attached hydrogens (primary N) is 2. The fourth-order valence-electron chi connectivity index (χ4n) is 3.92. The maximum Gasteiger partial charge on any atom is 0.130 e. The summed E-state index contributed by atoms with van der Waals surface area (Å²) in [6.45, 7) is 4.97. The van der Waals surface area contributed by atoms with Crippen LogP contribution in [0.4, 0.5) is 11.5 Å². The van der Waals surface area contributed by atoms with Crippen molar-refractivity contribution in [3.8, 4) is 0 Å². The van der Waals surface area contributed by atoms with Crippen LogP contribution in [0.5, 0.6) is 0 Å². The number of aryl methyl sites for hydroxylation is 3. The summed E-state index contributed by atoms with van der Waals surface area (Å²) < 4.78 is 1.72. The minimum absolute atomic E-state index is 0.0995. The van der Waals surface area contributed by atoms with E-state index in [1.807, 2.05) is 26.1 Å². The molecule has 2 aliphatic rings. The van der Waals surface area contributed by atoms with Crippen LogP contribution < -0.4 is 16.8 Å². The summed E-state index contributed by atoms with van der Waals surface area (Å²) >= 11 is 0. The van der Waals surface area contributed by atoms with Gasteiger partial charge >= 0.3 is 0 Å². The number of carbonyl (C=O) groups is 1. The summed E-state index contributed by atoms with van der Waals surface area (Å²) in [6.07, 6.45) is 5.14. The van der Waals surface area contributed by atoms with Crippen molar-refractivity contribution >= 4 is 17.8 Å². The van der Waals surface area contributed by atoms with Crippen LogP contribution in [0.1, 0.15) is 54.6 Å². The minimum Gasteiger partial charge on any atom is -0.385 e. The molecule has 0 spiro atoms. The average molecular weight is 355 g/mol. The zero-order valence-electron chi connectivity index (χ0n) is 15.9. The first-order valence-corrected chi connectivity index (χ1v) is 9.24. The number of aldehydes is 1. The molecule has 0 radical (unpaired) electrons. The summed E-state index contributed by atoms with van der Waals surface area (Å²) in [7, 11) is 1.86. The van der Waals surface area contributed by atoms with Gasteiger partial charge in [0, 0.05) is 30.9 Å². The van der Waals surface area contributed by atoms with Crippen molar-refractivity contribution in [3.05, 3.63) is 40.6 Å². The van der Waals surface area contributed by atoms with Gasteiger partial charge < -0.3 is 21.6 Å². The Hall–Kier alpha value is -2.34. The maximum absolute atomic E-state index is 11.1. The molecule has 2 aromatic rings. The van der Waals surface area contributed by atoms with Gasteiger partial charge in [0.1, 0.15) is 12.1 Å². The number of hydrogen-bond donors (Lipinski definition) is 3. The number of fused-ring (bicyclic) bond motifs is 2. The highest BCUT2D eigenvalue weighted by atomic mass is 16.1. The van der Waals surface area contributed by atoms with E-state index in [1.54, 1.807) is 4.68 Å². The van der Waals surface area contributed by atoms with Gasteiger partial charge in [-0.2, -0.15) is 5.10 Å². The molecule has 6 nitrogen and oxygen atoms in total. The van der Waals surface area contributed by atoms with E-state index in [0.29, 0.717) is 0 Å². The Morgan fingerprint density at radius 2 is 2.19 bits per heavy atom. The van der Waals surface area contributed by atoms with E-state index in [0.717, 1.165) is 66.8 Å². The smallest absolute Gasteiger partial charge is 0.130 e.